The Morgan fingerprint density at radius 3 is 2.00 bits per heavy atom. The van der Waals surface area contributed by atoms with Crippen LogP contribution in [0.5, 0.6) is 0 Å². The number of carboxylic acid groups (broad SMARTS) is 2. The van der Waals surface area contributed by atoms with Gasteiger partial charge in [0.1, 0.15) is 0 Å². The third kappa shape index (κ3) is 7.16. The lowest BCUT2D eigenvalue weighted by atomic mass is 10.1. The maximum Gasteiger partial charge on any atom is 0.337 e. The van der Waals surface area contributed by atoms with Gasteiger partial charge in [-0.15, -0.1) is 11.6 Å². The van der Waals surface area contributed by atoms with Gasteiger partial charge in [0.2, 0.25) is 0 Å². The van der Waals surface area contributed by atoms with Gasteiger partial charge >= 0.3 is 11.9 Å². The summed E-state index contributed by atoms with van der Waals surface area (Å²) in [6, 6.07) is 1.47. The van der Waals surface area contributed by atoms with Crippen molar-refractivity contribution in [3.05, 3.63) is 27.9 Å². The van der Waals surface area contributed by atoms with E-state index in [1.165, 1.54) is 25.3 Å². The highest BCUT2D eigenvalue weighted by Crippen LogP contribution is 2.27. The summed E-state index contributed by atoms with van der Waals surface area (Å²) in [6.07, 6.45) is 3.73. The van der Waals surface area contributed by atoms with E-state index in [4.69, 9.17) is 21.8 Å². The lowest BCUT2D eigenvalue weighted by Gasteiger charge is -2.08. The SMILES string of the molecule is CCCCCCl.O=C(O)c1cc(I)c(I)c(C(=O)O)c1I. The summed E-state index contributed by atoms with van der Waals surface area (Å²) in [4.78, 5) is 21.8. The van der Waals surface area contributed by atoms with Crippen LogP contribution in [0.2, 0.25) is 0 Å². The van der Waals surface area contributed by atoms with Crippen LogP contribution in [-0.2, 0) is 0 Å². The third-order valence-corrected chi connectivity index (χ3v) is 6.73. The molecule has 0 aromatic heterocycles. The van der Waals surface area contributed by atoms with Gasteiger partial charge in [0.15, 0.2) is 0 Å². The smallest absolute Gasteiger partial charge is 0.337 e. The molecular formula is C13H14ClI3O4. The molecule has 0 spiro atoms. The lowest BCUT2D eigenvalue weighted by molar-refractivity contribution is 0.0694. The molecule has 0 aliphatic carbocycles. The monoisotopic (exact) mass is 650 g/mol. The molecule has 0 atom stereocenters. The molecule has 0 bridgehead atoms. The van der Waals surface area contributed by atoms with Crippen molar-refractivity contribution < 1.29 is 19.8 Å². The van der Waals surface area contributed by atoms with E-state index in [9.17, 15) is 9.59 Å². The summed E-state index contributed by atoms with van der Waals surface area (Å²) >= 11 is 10.9. The average Bonchev–Trinajstić information content (AvgIpc) is 2.40. The molecule has 0 radical (unpaired) electrons. The number of carboxylic acids is 2. The Morgan fingerprint density at radius 2 is 1.67 bits per heavy atom. The second-order valence-corrected chi connectivity index (χ2v) is 7.61. The number of benzene rings is 1. The summed E-state index contributed by atoms with van der Waals surface area (Å²) < 4.78 is 1.45. The Hall–Kier alpha value is 0.640. The van der Waals surface area contributed by atoms with Gasteiger partial charge in [-0.2, -0.15) is 0 Å². The molecular weight excluding hydrogens is 636 g/mol. The summed E-state index contributed by atoms with van der Waals surface area (Å²) in [7, 11) is 0. The van der Waals surface area contributed by atoms with E-state index < -0.39 is 11.9 Å². The Kier molecular flexibility index (Phi) is 11.6. The zero-order valence-electron chi connectivity index (χ0n) is 11.1. The number of aromatic carboxylic acids is 2. The van der Waals surface area contributed by atoms with Crippen molar-refractivity contribution in [2.75, 3.05) is 5.88 Å². The Balaban J connectivity index is 0.000000567. The molecule has 0 amide bonds. The van der Waals surface area contributed by atoms with E-state index in [-0.39, 0.29) is 14.7 Å². The fraction of sp³-hybridized carbons (Fsp3) is 0.385. The van der Waals surface area contributed by atoms with Gasteiger partial charge in [0.25, 0.3) is 0 Å². The van der Waals surface area contributed by atoms with Crippen LogP contribution < -0.4 is 0 Å². The molecule has 21 heavy (non-hydrogen) atoms. The van der Waals surface area contributed by atoms with Crippen molar-refractivity contribution in [3.8, 4) is 0 Å². The molecule has 0 fully saturated rings. The number of halogens is 4. The molecule has 0 saturated heterocycles. The van der Waals surface area contributed by atoms with E-state index in [2.05, 4.69) is 6.92 Å². The van der Waals surface area contributed by atoms with Gasteiger partial charge < -0.3 is 10.2 Å². The van der Waals surface area contributed by atoms with Crippen molar-refractivity contribution in [3.63, 3.8) is 0 Å². The predicted molar refractivity (Wildman–Crippen MR) is 109 cm³/mol. The number of carbonyl (C=O) groups is 2. The Labute approximate surface area is 169 Å². The predicted octanol–water partition coefficient (Wildman–Crippen LogP) is 5.31. The van der Waals surface area contributed by atoms with Crippen molar-refractivity contribution in [2.24, 2.45) is 0 Å². The van der Waals surface area contributed by atoms with Crippen molar-refractivity contribution >= 4 is 91.3 Å². The average molecular weight is 650 g/mol. The first kappa shape index (κ1) is 21.6. The fourth-order valence-corrected chi connectivity index (χ4v) is 4.12. The molecule has 2 N–H and O–H groups in total. The zero-order valence-corrected chi connectivity index (χ0v) is 18.4. The van der Waals surface area contributed by atoms with Gasteiger partial charge in [0.05, 0.1) is 11.1 Å². The van der Waals surface area contributed by atoms with Crippen LogP contribution in [0, 0.1) is 10.7 Å². The molecule has 0 heterocycles. The van der Waals surface area contributed by atoms with E-state index in [1.807, 2.05) is 45.2 Å². The minimum atomic E-state index is -1.11. The maximum atomic E-state index is 11.0. The molecule has 0 aliphatic heterocycles. The van der Waals surface area contributed by atoms with E-state index in [0.29, 0.717) is 7.14 Å². The van der Waals surface area contributed by atoms with Gasteiger partial charge in [0, 0.05) is 16.6 Å². The molecule has 4 nitrogen and oxygen atoms in total. The number of alkyl halides is 1. The Bertz CT molecular complexity index is 517. The van der Waals surface area contributed by atoms with Crippen LogP contribution >= 0.6 is 79.4 Å². The molecule has 118 valence electrons. The minimum Gasteiger partial charge on any atom is -0.478 e. The molecule has 0 saturated carbocycles. The van der Waals surface area contributed by atoms with Gasteiger partial charge in [-0.05, 0) is 80.3 Å². The van der Waals surface area contributed by atoms with E-state index in [0.717, 1.165) is 5.88 Å². The molecule has 0 unspecified atom stereocenters. The summed E-state index contributed by atoms with van der Waals surface area (Å²) in [5.41, 5.74) is 0.0818. The van der Waals surface area contributed by atoms with Crippen LogP contribution in [0.15, 0.2) is 6.07 Å². The molecule has 1 rings (SSSR count). The summed E-state index contributed by atoms with van der Waals surface area (Å²) in [6.45, 7) is 2.17. The summed E-state index contributed by atoms with van der Waals surface area (Å²) in [5.74, 6) is -1.39. The van der Waals surface area contributed by atoms with Crippen LogP contribution in [0.25, 0.3) is 0 Å². The van der Waals surface area contributed by atoms with Crippen molar-refractivity contribution in [2.45, 2.75) is 26.2 Å². The third-order valence-electron chi connectivity index (χ3n) is 2.34. The Morgan fingerprint density at radius 1 is 1.10 bits per heavy atom. The first-order valence-electron chi connectivity index (χ1n) is 5.97. The highest BCUT2D eigenvalue weighted by Gasteiger charge is 2.21. The van der Waals surface area contributed by atoms with Crippen LogP contribution in [0.4, 0.5) is 0 Å². The highest BCUT2D eigenvalue weighted by atomic mass is 127. The number of unbranched alkanes of at least 4 members (excludes halogenated alkanes) is 2. The van der Waals surface area contributed by atoms with E-state index >= 15 is 0 Å². The standard InChI is InChI=1S/C8H3I3O4.C5H11Cl/c9-3-1-2(7(12)13)5(10)4(6(3)11)8(14)15;1-2-3-4-5-6/h1H,(H,12,13)(H,14,15);2-5H2,1H3. The highest BCUT2D eigenvalue weighted by molar-refractivity contribution is 14.1. The lowest BCUT2D eigenvalue weighted by Crippen LogP contribution is -2.11. The molecule has 0 aliphatic rings. The normalized spacial score (nSPS) is 9.76. The number of hydrogen-bond acceptors (Lipinski definition) is 2. The largest absolute Gasteiger partial charge is 0.478 e. The second-order valence-electron chi connectivity index (χ2n) is 3.92. The first-order valence-corrected chi connectivity index (χ1v) is 9.74. The molecule has 1 aromatic rings. The van der Waals surface area contributed by atoms with Crippen molar-refractivity contribution in [1.29, 1.82) is 0 Å². The topological polar surface area (TPSA) is 74.6 Å². The van der Waals surface area contributed by atoms with Crippen LogP contribution in [0.3, 0.4) is 0 Å². The van der Waals surface area contributed by atoms with Crippen LogP contribution in [-0.4, -0.2) is 28.0 Å². The van der Waals surface area contributed by atoms with Crippen molar-refractivity contribution in [1.82, 2.24) is 0 Å². The zero-order chi connectivity index (χ0) is 16.6. The van der Waals surface area contributed by atoms with Crippen LogP contribution in [0.1, 0.15) is 46.9 Å². The fourth-order valence-electron chi connectivity index (χ4n) is 1.29. The molecule has 1 aromatic carbocycles. The van der Waals surface area contributed by atoms with Gasteiger partial charge in [-0.1, -0.05) is 19.8 Å². The minimum absolute atomic E-state index is 0.0258. The van der Waals surface area contributed by atoms with Gasteiger partial charge in [-0.3, -0.25) is 0 Å². The number of rotatable bonds is 5. The summed E-state index contributed by atoms with van der Waals surface area (Å²) in [5, 5.41) is 17.9. The second kappa shape index (κ2) is 11.2. The first-order chi connectivity index (χ1) is 9.77. The number of hydrogen-bond donors (Lipinski definition) is 2. The van der Waals surface area contributed by atoms with E-state index in [1.54, 1.807) is 22.6 Å². The molecule has 8 heteroatoms. The van der Waals surface area contributed by atoms with Gasteiger partial charge in [-0.25, -0.2) is 9.59 Å². The maximum absolute atomic E-state index is 11.0. The quantitative estimate of drug-likeness (QED) is 0.196.